The Bertz CT molecular complexity index is 435. The van der Waals surface area contributed by atoms with Crippen molar-refractivity contribution in [3.05, 3.63) is 35.6 Å². The molecule has 1 fully saturated rings. The van der Waals surface area contributed by atoms with Crippen LogP contribution >= 0.6 is 0 Å². The number of halogens is 1. The summed E-state index contributed by atoms with van der Waals surface area (Å²) in [4.78, 5) is 12.8. The van der Waals surface area contributed by atoms with Crippen molar-refractivity contribution in [2.24, 2.45) is 0 Å². The number of carboxylic acid groups (broad SMARTS) is 1. The normalized spacial score (nSPS) is 22.9. The molecule has 1 aromatic rings. The number of aliphatic carboxylic acids is 1. The van der Waals surface area contributed by atoms with Crippen LogP contribution in [-0.2, 0) is 16.1 Å². The van der Waals surface area contributed by atoms with Crippen molar-refractivity contribution in [1.82, 2.24) is 4.90 Å². The summed E-state index contributed by atoms with van der Waals surface area (Å²) in [5.41, 5.74) is 1.02. The van der Waals surface area contributed by atoms with Crippen LogP contribution < -0.4 is 0 Å². The van der Waals surface area contributed by atoms with Gasteiger partial charge in [-0.25, -0.2) is 9.18 Å². The molecule has 0 spiro atoms. The highest BCUT2D eigenvalue weighted by molar-refractivity contribution is 5.72. The van der Waals surface area contributed by atoms with E-state index in [-0.39, 0.29) is 11.9 Å². The molecule has 1 aliphatic rings. The summed E-state index contributed by atoms with van der Waals surface area (Å²) >= 11 is 0. The molecule has 1 aromatic carbocycles. The van der Waals surface area contributed by atoms with Crippen LogP contribution in [-0.4, -0.2) is 41.8 Å². The van der Waals surface area contributed by atoms with Gasteiger partial charge in [-0.3, -0.25) is 4.90 Å². The molecule has 0 saturated carbocycles. The quantitative estimate of drug-likeness (QED) is 0.885. The topological polar surface area (TPSA) is 49.8 Å². The van der Waals surface area contributed by atoms with Crippen molar-refractivity contribution in [2.45, 2.75) is 31.6 Å². The zero-order chi connectivity index (χ0) is 13.8. The summed E-state index contributed by atoms with van der Waals surface area (Å²) in [6.45, 7) is 1.37. The van der Waals surface area contributed by atoms with Gasteiger partial charge in [0.15, 0.2) is 6.10 Å². The molecular formula is C14H18FNO3. The molecule has 1 aliphatic heterocycles. The molecule has 2 rings (SSSR count). The van der Waals surface area contributed by atoms with Crippen LogP contribution in [0.15, 0.2) is 24.3 Å². The third-order valence-corrected chi connectivity index (χ3v) is 3.26. The monoisotopic (exact) mass is 267 g/mol. The first kappa shape index (κ1) is 14.0. The first-order valence-electron chi connectivity index (χ1n) is 6.36. The Morgan fingerprint density at radius 2 is 2.11 bits per heavy atom. The number of likely N-dealkylation sites (N-methyl/N-ethyl adjacent to an activating group) is 1. The number of rotatable bonds is 5. The van der Waals surface area contributed by atoms with Gasteiger partial charge in [0.2, 0.25) is 0 Å². The van der Waals surface area contributed by atoms with Crippen LogP contribution in [0.5, 0.6) is 0 Å². The first-order chi connectivity index (χ1) is 9.04. The Balaban J connectivity index is 1.80. The van der Waals surface area contributed by atoms with Crippen molar-refractivity contribution in [1.29, 1.82) is 0 Å². The Kier molecular flexibility index (Phi) is 4.50. The number of benzene rings is 1. The molecule has 0 bridgehead atoms. The van der Waals surface area contributed by atoms with Crippen LogP contribution in [0.2, 0.25) is 0 Å². The fraction of sp³-hybridized carbons (Fsp3) is 0.500. The van der Waals surface area contributed by atoms with E-state index < -0.39 is 12.1 Å². The molecule has 1 saturated heterocycles. The van der Waals surface area contributed by atoms with Crippen molar-refractivity contribution >= 4 is 5.97 Å². The van der Waals surface area contributed by atoms with Crippen LogP contribution in [0, 0.1) is 5.82 Å². The Hall–Kier alpha value is -1.46. The maximum atomic E-state index is 12.8. The largest absolute Gasteiger partial charge is 0.479 e. The van der Waals surface area contributed by atoms with Crippen molar-refractivity contribution in [3.8, 4) is 0 Å². The van der Waals surface area contributed by atoms with E-state index >= 15 is 0 Å². The van der Waals surface area contributed by atoms with E-state index in [1.54, 1.807) is 12.1 Å². The Labute approximate surface area is 111 Å². The zero-order valence-corrected chi connectivity index (χ0v) is 10.9. The summed E-state index contributed by atoms with van der Waals surface area (Å²) in [6, 6.07) is 6.38. The van der Waals surface area contributed by atoms with Crippen molar-refractivity contribution in [3.63, 3.8) is 0 Å². The van der Waals surface area contributed by atoms with Gasteiger partial charge in [-0.1, -0.05) is 12.1 Å². The number of nitrogens with zero attached hydrogens (tertiary/aromatic N) is 1. The fourth-order valence-electron chi connectivity index (χ4n) is 2.34. The highest BCUT2D eigenvalue weighted by Gasteiger charge is 2.30. The lowest BCUT2D eigenvalue weighted by molar-refractivity contribution is -0.149. The van der Waals surface area contributed by atoms with Crippen molar-refractivity contribution < 1.29 is 19.0 Å². The summed E-state index contributed by atoms with van der Waals surface area (Å²) in [7, 11) is 1.95. The molecule has 5 heteroatoms. The van der Waals surface area contributed by atoms with E-state index in [4.69, 9.17) is 9.84 Å². The molecule has 0 aliphatic carbocycles. The lowest BCUT2D eigenvalue weighted by atomic mass is 10.1. The van der Waals surface area contributed by atoms with Crippen LogP contribution in [0.4, 0.5) is 4.39 Å². The molecular weight excluding hydrogens is 249 g/mol. The van der Waals surface area contributed by atoms with Gasteiger partial charge in [0, 0.05) is 13.1 Å². The van der Waals surface area contributed by atoms with E-state index in [9.17, 15) is 9.18 Å². The molecule has 0 aromatic heterocycles. The van der Waals surface area contributed by atoms with Gasteiger partial charge < -0.3 is 9.84 Å². The lowest BCUT2D eigenvalue weighted by Crippen LogP contribution is -2.30. The second-order valence-corrected chi connectivity index (χ2v) is 4.99. The number of carbonyl (C=O) groups is 1. The molecule has 4 nitrogen and oxygen atoms in total. The minimum atomic E-state index is -0.885. The highest BCUT2D eigenvalue weighted by atomic mass is 19.1. The Morgan fingerprint density at radius 1 is 1.42 bits per heavy atom. The maximum Gasteiger partial charge on any atom is 0.332 e. The smallest absolute Gasteiger partial charge is 0.332 e. The molecule has 0 amide bonds. The SMILES string of the molecule is CN(Cc1ccc(F)cc1)CC1CCC(C(=O)O)O1. The maximum absolute atomic E-state index is 12.8. The standard InChI is InChI=1S/C14H18FNO3/c1-16(8-10-2-4-11(15)5-3-10)9-12-6-7-13(19-12)14(17)18/h2-5,12-13H,6-9H2,1H3,(H,17,18). The Morgan fingerprint density at radius 3 is 2.68 bits per heavy atom. The second kappa shape index (κ2) is 6.12. The number of carboxylic acids is 1. The van der Waals surface area contributed by atoms with E-state index in [0.29, 0.717) is 19.5 Å². The first-order valence-corrected chi connectivity index (χ1v) is 6.36. The van der Waals surface area contributed by atoms with Crippen LogP contribution in [0.3, 0.4) is 0 Å². The van der Waals surface area contributed by atoms with E-state index in [1.165, 1.54) is 12.1 Å². The van der Waals surface area contributed by atoms with Gasteiger partial charge in [0.1, 0.15) is 5.82 Å². The molecule has 1 N–H and O–H groups in total. The highest BCUT2D eigenvalue weighted by Crippen LogP contribution is 2.20. The van der Waals surface area contributed by atoms with Gasteiger partial charge in [-0.2, -0.15) is 0 Å². The van der Waals surface area contributed by atoms with Crippen LogP contribution in [0.1, 0.15) is 18.4 Å². The molecule has 104 valence electrons. The number of hydrogen-bond acceptors (Lipinski definition) is 3. The van der Waals surface area contributed by atoms with Gasteiger partial charge >= 0.3 is 5.97 Å². The zero-order valence-electron chi connectivity index (χ0n) is 10.9. The number of hydrogen-bond donors (Lipinski definition) is 1. The third-order valence-electron chi connectivity index (χ3n) is 3.26. The van der Waals surface area contributed by atoms with Crippen molar-refractivity contribution in [2.75, 3.05) is 13.6 Å². The predicted octanol–water partition coefficient (Wildman–Crippen LogP) is 1.89. The minimum absolute atomic E-state index is 0.0356. The molecule has 0 radical (unpaired) electrons. The van der Waals surface area contributed by atoms with E-state index in [0.717, 1.165) is 12.0 Å². The van der Waals surface area contributed by atoms with E-state index in [2.05, 4.69) is 4.90 Å². The fourth-order valence-corrected chi connectivity index (χ4v) is 2.34. The van der Waals surface area contributed by atoms with E-state index in [1.807, 2.05) is 7.05 Å². The van der Waals surface area contributed by atoms with Gasteiger partial charge in [0.25, 0.3) is 0 Å². The molecule has 2 atom stereocenters. The predicted molar refractivity (Wildman–Crippen MR) is 68.3 cm³/mol. The molecule has 2 unspecified atom stereocenters. The average molecular weight is 267 g/mol. The minimum Gasteiger partial charge on any atom is -0.479 e. The van der Waals surface area contributed by atoms with Crippen LogP contribution in [0.25, 0.3) is 0 Å². The summed E-state index contributed by atoms with van der Waals surface area (Å²) in [5.74, 6) is -1.13. The third kappa shape index (κ3) is 4.01. The van der Waals surface area contributed by atoms with Gasteiger partial charge in [-0.05, 0) is 37.6 Å². The number of ether oxygens (including phenoxy) is 1. The van der Waals surface area contributed by atoms with Gasteiger partial charge in [0.05, 0.1) is 6.10 Å². The molecule has 19 heavy (non-hydrogen) atoms. The lowest BCUT2D eigenvalue weighted by Gasteiger charge is -2.21. The van der Waals surface area contributed by atoms with Gasteiger partial charge in [-0.15, -0.1) is 0 Å². The molecule has 1 heterocycles. The summed E-state index contributed by atoms with van der Waals surface area (Å²) in [6.07, 6.45) is 0.644. The second-order valence-electron chi connectivity index (χ2n) is 4.99. The summed E-state index contributed by atoms with van der Waals surface area (Å²) < 4.78 is 18.2. The average Bonchev–Trinajstić information content (AvgIpc) is 2.80. The summed E-state index contributed by atoms with van der Waals surface area (Å²) in [5, 5.41) is 8.85.